The summed E-state index contributed by atoms with van der Waals surface area (Å²) in [6.45, 7) is 5.32. The SMILES string of the molecule is FC(F)(F)c1cccc(NC(=S)N2CCCC[C@H]2CCN2CCOCC2)c1. The van der Waals surface area contributed by atoms with Gasteiger partial charge in [0.1, 0.15) is 0 Å². The largest absolute Gasteiger partial charge is 0.416 e. The number of hydrogen-bond donors (Lipinski definition) is 1. The van der Waals surface area contributed by atoms with Gasteiger partial charge in [0.15, 0.2) is 5.11 Å². The number of piperidine rings is 1. The molecule has 0 aromatic heterocycles. The lowest BCUT2D eigenvalue weighted by atomic mass is 9.99. The van der Waals surface area contributed by atoms with Crippen LogP contribution in [0.15, 0.2) is 24.3 Å². The van der Waals surface area contributed by atoms with Crippen molar-refractivity contribution < 1.29 is 17.9 Å². The third-order valence-electron chi connectivity index (χ3n) is 5.21. The molecule has 0 saturated carbocycles. The number of nitrogens with one attached hydrogen (secondary N) is 1. The summed E-state index contributed by atoms with van der Waals surface area (Å²) in [4.78, 5) is 4.55. The summed E-state index contributed by atoms with van der Waals surface area (Å²) < 4.78 is 44.1. The molecule has 2 aliphatic rings. The van der Waals surface area contributed by atoms with Gasteiger partial charge in [-0.25, -0.2) is 0 Å². The fraction of sp³-hybridized carbons (Fsp3) is 0.632. The summed E-state index contributed by atoms with van der Waals surface area (Å²) in [7, 11) is 0. The molecule has 0 spiro atoms. The molecule has 27 heavy (non-hydrogen) atoms. The molecule has 1 N–H and O–H groups in total. The summed E-state index contributed by atoms with van der Waals surface area (Å²) in [5.41, 5.74) is -0.287. The van der Waals surface area contributed by atoms with Crippen LogP contribution in [-0.4, -0.2) is 60.3 Å². The Morgan fingerprint density at radius 2 is 1.96 bits per heavy atom. The second-order valence-corrected chi connectivity index (χ2v) is 7.48. The zero-order valence-corrected chi connectivity index (χ0v) is 16.1. The van der Waals surface area contributed by atoms with E-state index in [9.17, 15) is 13.2 Å². The van der Waals surface area contributed by atoms with Gasteiger partial charge in [0.05, 0.1) is 18.8 Å². The number of hydrogen-bond acceptors (Lipinski definition) is 3. The third-order valence-corrected chi connectivity index (χ3v) is 5.55. The summed E-state index contributed by atoms with van der Waals surface area (Å²) in [6, 6.07) is 5.53. The number of nitrogens with zero attached hydrogens (tertiary/aromatic N) is 2. The van der Waals surface area contributed by atoms with Crippen molar-refractivity contribution in [3.63, 3.8) is 0 Å². The molecular weight excluding hydrogens is 375 g/mol. The number of morpholine rings is 1. The maximum absolute atomic E-state index is 12.9. The fourth-order valence-electron chi connectivity index (χ4n) is 3.69. The van der Waals surface area contributed by atoms with Crippen LogP contribution in [0.3, 0.4) is 0 Å². The number of ether oxygens (including phenoxy) is 1. The minimum atomic E-state index is -4.36. The molecule has 0 radical (unpaired) electrons. The molecule has 4 nitrogen and oxygen atoms in total. The highest BCUT2D eigenvalue weighted by atomic mass is 32.1. The van der Waals surface area contributed by atoms with Gasteiger partial charge in [-0.1, -0.05) is 6.07 Å². The average Bonchev–Trinajstić information content (AvgIpc) is 2.67. The van der Waals surface area contributed by atoms with Gasteiger partial charge in [0, 0.05) is 37.9 Å². The number of alkyl halides is 3. The number of thiocarbonyl (C=S) groups is 1. The first-order valence-electron chi connectivity index (χ1n) is 9.48. The Bertz CT molecular complexity index is 635. The van der Waals surface area contributed by atoms with E-state index in [0.29, 0.717) is 16.8 Å². The van der Waals surface area contributed by atoms with Crippen LogP contribution in [0.1, 0.15) is 31.2 Å². The molecule has 2 saturated heterocycles. The Labute approximate surface area is 163 Å². The van der Waals surface area contributed by atoms with Gasteiger partial charge in [0.25, 0.3) is 0 Å². The summed E-state index contributed by atoms with van der Waals surface area (Å²) >= 11 is 5.54. The van der Waals surface area contributed by atoms with Crippen LogP contribution < -0.4 is 5.32 Å². The number of halogens is 3. The van der Waals surface area contributed by atoms with Crippen molar-refractivity contribution in [1.29, 1.82) is 0 Å². The topological polar surface area (TPSA) is 27.7 Å². The van der Waals surface area contributed by atoms with Gasteiger partial charge in [0.2, 0.25) is 0 Å². The molecule has 0 aliphatic carbocycles. The van der Waals surface area contributed by atoms with Crippen molar-refractivity contribution in [2.75, 3.05) is 44.7 Å². The summed E-state index contributed by atoms with van der Waals surface area (Å²) in [5, 5.41) is 3.53. The quantitative estimate of drug-likeness (QED) is 0.771. The van der Waals surface area contributed by atoms with E-state index < -0.39 is 11.7 Å². The maximum Gasteiger partial charge on any atom is 0.416 e. The van der Waals surface area contributed by atoms with E-state index in [1.165, 1.54) is 6.07 Å². The highest BCUT2D eigenvalue weighted by molar-refractivity contribution is 7.80. The first-order chi connectivity index (χ1) is 12.9. The summed E-state index contributed by atoms with van der Waals surface area (Å²) in [6.07, 6.45) is -0.0702. The second kappa shape index (κ2) is 9.21. The highest BCUT2D eigenvalue weighted by Crippen LogP contribution is 2.31. The van der Waals surface area contributed by atoms with E-state index in [1.54, 1.807) is 6.07 Å². The Kier molecular flexibility index (Phi) is 6.94. The van der Waals surface area contributed by atoms with Crippen LogP contribution in [0.2, 0.25) is 0 Å². The summed E-state index contributed by atoms with van der Waals surface area (Å²) in [5.74, 6) is 0. The van der Waals surface area contributed by atoms with Gasteiger partial charge >= 0.3 is 6.18 Å². The van der Waals surface area contributed by atoms with Crippen LogP contribution >= 0.6 is 12.2 Å². The monoisotopic (exact) mass is 401 g/mol. The highest BCUT2D eigenvalue weighted by Gasteiger charge is 2.31. The van der Waals surface area contributed by atoms with Crippen molar-refractivity contribution in [2.24, 2.45) is 0 Å². The number of benzene rings is 1. The van der Waals surface area contributed by atoms with Gasteiger partial charge < -0.3 is 15.0 Å². The number of anilines is 1. The number of likely N-dealkylation sites (tertiary alicyclic amines) is 1. The Morgan fingerprint density at radius 1 is 1.19 bits per heavy atom. The Hall–Kier alpha value is -1.38. The molecule has 1 atom stereocenters. The van der Waals surface area contributed by atoms with Crippen molar-refractivity contribution >= 4 is 23.0 Å². The second-order valence-electron chi connectivity index (χ2n) is 7.09. The molecule has 8 heteroatoms. The molecule has 0 bridgehead atoms. The minimum Gasteiger partial charge on any atom is -0.379 e. The van der Waals surface area contributed by atoms with Gasteiger partial charge in [-0.2, -0.15) is 13.2 Å². The Morgan fingerprint density at radius 3 is 2.70 bits per heavy atom. The standard InChI is InChI=1S/C19H26F3N3OS/c20-19(21,22)15-4-3-5-16(14-15)23-18(27)25-8-2-1-6-17(25)7-9-24-10-12-26-13-11-24/h3-5,14,17H,1-2,6-13H2,(H,23,27)/t17-/m0/s1. The zero-order valence-electron chi connectivity index (χ0n) is 15.3. The molecule has 2 aliphatic heterocycles. The smallest absolute Gasteiger partial charge is 0.379 e. The van der Waals surface area contributed by atoms with Gasteiger partial charge in [-0.3, -0.25) is 4.90 Å². The first-order valence-corrected chi connectivity index (χ1v) is 9.89. The minimum absolute atomic E-state index is 0.326. The maximum atomic E-state index is 12.9. The Balaban J connectivity index is 1.59. The van der Waals surface area contributed by atoms with E-state index >= 15 is 0 Å². The predicted molar refractivity (Wildman–Crippen MR) is 104 cm³/mol. The lowest BCUT2D eigenvalue weighted by molar-refractivity contribution is -0.137. The lowest BCUT2D eigenvalue weighted by Gasteiger charge is -2.39. The molecule has 2 fully saturated rings. The predicted octanol–water partition coefficient (Wildman–Crippen LogP) is 3.98. The van der Waals surface area contributed by atoms with Crippen molar-refractivity contribution in [3.8, 4) is 0 Å². The van der Waals surface area contributed by atoms with Gasteiger partial charge in [-0.05, 0) is 56.1 Å². The van der Waals surface area contributed by atoms with Crippen LogP contribution in [0.25, 0.3) is 0 Å². The molecule has 1 aromatic carbocycles. The first kappa shape index (κ1) is 20.4. The lowest BCUT2D eigenvalue weighted by Crippen LogP contribution is -2.47. The van der Waals surface area contributed by atoms with Crippen molar-refractivity contribution in [1.82, 2.24) is 9.80 Å². The van der Waals surface area contributed by atoms with Crippen LogP contribution in [0.4, 0.5) is 18.9 Å². The van der Waals surface area contributed by atoms with Crippen molar-refractivity contribution in [2.45, 2.75) is 37.9 Å². The molecule has 0 unspecified atom stereocenters. The molecule has 0 amide bonds. The zero-order chi connectivity index (χ0) is 19.3. The van der Waals surface area contributed by atoms with E-state index in [4.69, 9.17) is 17.0 Å². The van der Waals surface area contributed by atoms with Crippen LogP contribution in [0.5, 0.6) is 0 Å². The third kappa shape index (κ3) is 5.80. The molecule has 2 heterocycles. The average molecular weight is 401 g/mol. The van der Waals surface area contributed by atoms with E-state index in [-0.39, 0.29) is 0 Å². The van der Waals surface area contributed by atoms with E-state index in [0.717, 1.165) is 77.2 Å². The molecule has 150 valence electrons. The fourth-order valence-corrected chi connectivity index (χ4v) is 4.05. The van der Waals surface area contributed by atoms with Crippen LogP contribution in [0, 0.1) is 0 Å². The molecule has 3 rings (SSSR count). The van der Waals surface area contributed by atoms with Crippen molar-refractivity contribution in [3.05, 3.63) is 29.8 Å². The van der Waals surface area contributed by atoms with Gasteiger partial charge in [-0.15, -0.1) is 0 Å². The molecular formula is C19H26F3N3OS. The normalized spacial score (nSPS) is 21.9. The van der Waals surface area contributed by atoms with E-state index in [1.807, 2.05) is 0 Å². The van der Waals surface area contributed by atoms with E-state index in [2.05, 4.69) is 15.1 Å². The number of rotatable bonds is 4. The van der Waals surface area contributed by atoms with Crippen LogP contribution in [-0.2, 0) is 10.9 Å². The molecule has 1 aromatic rings.